The first kappa shape index (κ1) is 17.0. The number of hydrogen-bond acceptors (Lipinski definition) is 6. The summed E-state index contributed by atoms with van der Waals surface area (Å²) >= 11 is 0. The van der Waals surface area contributed by atoms with E-state index in [1.807, 2.05) is 44.2 Å². The van der Waals surface area contributed by atoms with E-state index in [4.69, 9.17) is 10.5 Å². The average Bonchev–Trinajstić information content (AvgIpc) is 2.53. The molecule has 1 unspecified atom stereocenters. The van der Waals surface area contributed by atoms with E-state index in [0.717, 1.165) is 0 Å². The first-order valence-electron chi connectivity index (χ1n) is 7.34. The zero-order valence-electron chi connectivity index (χ0n) is 13.2. The lowest BCUT2D eigenvalue weighted by Gasteiger charge is -2.23. The van der Waals surface area contributed by atoms with Gasteiger partial charge in [0.25, 0.3) is 5.66 Å². The van der Waals surface area contributed by atoms with Crippen molar-refractivity contribution in [3.8, 4) is 0 Å². The van der Waals surface area contributed by atoms with Gasteiger partial charge in [0, 0.05) is 11.0 Å². The smallest absolute Gasteiger partial charge is 0.295 e. The molecular weight excluding hydrogens is 296 g/mol. The second kappa shape index (κ2) is 7.26. The maximum atomic E-state index is 11.2. The standard InChI is InChI=1S/C16H20N4O3/c1-12(2)23-11-13-10-16(17,20(21)22)9-8-15(13)19-18-14-6-4-3-5-7-14/h3-9,12H,10-11,17H2,1-2H3. The molecule has 7 heteroatoms. The fraction of sp³-hybridized carbons (Fsp3) is 0.375. The van der Waals surface area contributed by atoms with E-state index in [1.54, 1.807) is 0 Å². The predicted molar refractivity (Wildman–Crippen MR) is 86.7 cm³/mol. The SMILES string of the molecule is CC(C)OCC1=C(N=Nc2ccccc2)C=CC(N)([N+](=O)[O-])C1. The van der Waals surface area contributed by atoms with E-state index < -0.39 is 10.6 Å². The minimum Gasteiger partial charge on any atom is -0.374 e. The molecule has 2 rings (SSSR count). The molecule has 0 saturated heterocycles. The highest BCUT2D eigenvalue weighted by molar-refractivity contribution is 5.37. The van der Waals surface area contributed by atoms with Crippen molar-refractivity contribution in [1.29, 1.82) is 0 Å². The molecule has 0 bridgehead atoms. The molecule has 23 heavy (non-hydrogen) atoms. The van der Waals surface area contributed by atoms with Crippen LogP contribution < -0.4 is 5.73 Å². The van der Waals surface area contributed by atoms with Gasteiger partial charge in [0.05, 0.1) is 30.5 Å². The Morgan fingerprint density at radius 2 is 2.04 bits per heavy atom. The number of ether oxygens (including phenoxy) is 1. The Balaban J connectivity index is 2.25. The normalized spacial score (nSPS) is 21.4. The van der Waals surface area contributed by atoms with Crippen LogP contribution in [-0.2, 0) is 4.74 Å². The van der Waals surface area contributed by atoms with Crippen molar-refractivity contribution < 1.29 is 9.66 Å². The summed E-state index contributed by atoms with van der Waals surface area (Å²) in [5, 5.41) is 19.5. The molecule has 1 aliphatic carbocycles. The molecular formula is C16H20N4O3. The van der Waals surface area contributed by atoms with Crippen LogP contribution in [0.5, 0.6) is 0 Å². The molecule has 0 spiro atoms. The maximum Gasteiger partial charge on any atom is 0.295 e. The van der Waals surface area contributed by atoms with Gasteiger partial charge in [0.1, 0.15) is 0 Å². The minimum atomic E-state index is -1.62. The van der Waals surface area contributed by atoms with Crippen LogP contribution in [-0.4, -0.2) is 23.3 Å². The third-order valence-corrected chi connectivity index (χ3v) is 3.35. The van der Waals surface area contributed by atoms with Crippen molar-refractivity contribution in [2.75, 3.05) is 6.61 Å². The average molecular weight is 316 g/mol. The summed E-state index contributed by atoms with van der Waals surface area (Å²) in [5.74, 6) is 0. The highest BCUT2D eigenvalue weighted by atomic mass is 16.6. The fourth-order valence-electron chi connectivity index (χ4n) is 2.06. The van der Waals surface area contributed by atoms with Gasteiger partial charge in [-0.3, -0.25) is 15.8 Å². The summed E-state index contributed by atoms with van der Waals surface area (Å²) in [5.41, 5.74) is 6.12. The molecule has 0 amide bonds. The third-order valence-electron chi connectivity index (χ3n) is 3.35. The van der Waals surface area contributed by atoms with Gasteiger partial charge in [-0.05, 0) is 37.6 Å². The lowest BCUT2D eigenvalue weighted by atomic mass is 9.94. The monoisotopic (exact) mass is 316 g/mol. The molecule has 122 valence electrons. The molecule has 7 nitrogen and oxygen atoms in total. The molecule has 0 fully saturated rings. The van der Waals surface area contributed by atoms with E-state index in [-0.39, 0.29) is 19.1 Å². The van der Waals surface area contributed by atoms with E-state index in [1.165, 1.54) is 12.2 Å². The number of azo groups is 1. The van der Waals surface area contributed by atoms with Gasteiger partial charge >= 0.3 is 0 Å². The van der Waals surface area contributed by atoms with Gasteiger partial charge in [-0.25, -0.2) is 0 Å². The van der Waals surface area contributed by atoms with Crippen LogP contribution in [0.3, 0.4) is 0 Å². The Labute approximate surface area is 134 Å². The van der Waals surface area contributed by atoms with Gasteiger partial charge in [0.2, 0.25) is 0 Å². The number of rotatable bonds is 6. The molecule has 0 radical (unpaired) electrons. The second-order valence-corrected chi connectivity index (χ2v) is 5.64. The van der Waals surface area contributed by atoms with Crippen molar-refractivity contribution in [3.05, 3.63) is 63.9 Å². The number of hydrogen-bond donors (Lipinski definition) is 1. The van der Waals surface area contributed by atoms with E-state index >= 15 is 0 Å². The van der Waals surface area contributed by atoms with E-state index in [2.05, 4.69) is 10.2 Å². The number of nitro groups is 1. The first-order valence-corrected chi connectivity index (χ1v) is 7.34. The van der Waals surface area contributed by atoms with Gasteiger partial charge in [0.15, 0.2) is 0 Å². The van der Waals surface area contributed by atoms with Crippen LogP contribution in [0.4, 0.5) is 5.69 Å². The maximum absolute atomic E-state index is 11.2. The molecule has 1 aromatic rings. The molecule has 1 aromatic carbocycles. The Hall–Kier alpha value is -2.38. The lowest BCUT2D eigenvalue weighted by molar-refractivity contribution is -0.554. The Bertz CT molecular complexity index is 653. The largest absolute Gasteiger partial charge is 0.374 e. The topological polar surface area (TPSA) is 103 Å². The summed E-state index contributed by atoms with van der Waals surface area (Å²) in [6.45, 7) is 4.03. The molecule has 0 aliphatic heterocycles. The molecule has 0 heterocycles. The van der Waals surface area contributed by atoms with Crippen LogP contribution >= 0.6 is 0 Å². The Kier molecular flexibility index (Phi) is 5.36. The summed E-state index contributed by atoms with van der Waals surface area (Å²) in [6.07, 6.45) is 2.94. The van der Waals surface area contributed by atoms with Crippen molar-refractivity contribution in [3.63, 3.8) is 0 Å². The summed E-state index contributed by atoms with van der Waals surface area (Å²) in [4.78, 5) is 10.7. The molecule has 0 saturated carbocycles. The van der Waals surface area contributed by atoms with Crippen LogP contribution in [0.1, 0.15) is 20.3 Å². The number of nitrogens with two attached hydrogens (primary N) is 1. The van der Waals surface area contributed by atoms with Crippen molar-refractivity contribution in [2.24, 2.45) is 16.0 Å². The highest BCUT2D eigenvalue weighted by Gasteiger charge is 2.39. The second-order valence-electron chi connectivity index (χ2n) is 5.64. The highest BCUT2D eigenvalue weighted by Crippen LogP contribution is 2.28. The third kappa shape index (κ3) is 4.54. The zero-order valence-corrected chi connectivity index (χ0v) is 13.2. The van der Waals surface area contributed by atoms with E-state index in [9.17, 15) is 10.1 Å². The molecule has 1 aliphatic rings. The molecule has 0 aromatic heterocycles. The van der Waals surface area contributed by atoms with Gasteiger partial charge in [-0.2, -0.15) is 10.2 Å². The Morgan fingerprint density at radius 3 is 2.65 bits per heavy atom. The number of nitrogens with zero attached hydrogens (tertiary/aromatic N) is 3. The predicted octanol–water partition coefficient (Wildman–Crippen LogP) is 3.34. The van der Waals surface area contributed by atoms with Crippen molar-refractivity contribution in [2.45, 2.75) is 32.0 Å². The quantitative estimate of drug-likeness (QED) is 0.376. The lowest BCUT2D eigenvalue weighted by Crippen LogP contribution is -2.47. The summed E-state index contributed by atoms with van der Waals surface area (Å²) in [6, 6.07) is 9.26. The zero-order chi connectivity index (χ0) is 16.9. The van der Waals surface area contributed by atoms with Crippen molar-refractivity contribution >= 4 is 5.69 Å². The van der Waals surface area contributed by atoms with Gasteiger partial charge < -0.3 is 4.74 Å². The fourth-order valence-corrected chi connectivity index (χ4v) is 2.06. The number of allylic oxidation sites excluding steroid dienone is 1. The van der Waals surface area contributed by atoms with Gasteiger partial charge in [-0.1, -0.05) is 18.2 Å². The minimum absolute atomic E-state index is 0.00324. The number of benzene rings is 1. The van der Waals surface area contributed by atoms with Crippen LogP contribution in [0.2, 0.25) is 0 Å². The Morgan fingerprint density at radius 1 is 1.35 bits per heavy atom. The first-order chi connectivity index (χ1) is 10.9. The molecule has 2 N–H and O–H groups in total. The van der Waals surface area contributed by atoms with Crippen molar-refractivity contribution in [1.82, 2.24) is 0 Å². The molecule has 1 atom stereocenters. The summed E-state index contributed by atoms with van der Waals surface area (Å²) < 4.78 is 5.57. The van der Waals surface area contributed by atoms with E-state index in [0.29, 0.717) is 17.0 Å². The van der Waals surface area contributed by atoms with Crippen LogP contribution in [0.25, 0.3) is 0 Å². The van der Waals surface area contributed by atoms with Gasteiger partial charge in [-0.15, -0.1) is 0 Å². The van der Waals surface area contributed by atoms with Crippen LogP contribution in [0, 0.1) is 10.1 Å². The van der Waals surface area contributed by atoms with Crippen LogP contribution in [0.15, 0.2) is 64.0 Å². The summed E-state index contributed by atoms with van der Waals surface area (Å²) in [7, 11) is 0.